The van der Waals surface area contributed by atoms with E-state index in [1.165, 1.54) is 42.9 Å². The number of aromatic nitrogens is 1. The lowest BCUT2D eigenvalue weighted by Gasteiger charge is -2.12. The van der Waals surface area contributed by atoms with Crippen molar-refractivity contribution in [2.75, 3.05) is 26.4 Å². The number of fused-ring (bicyclic) bond motifs is 2. The molecule has 3 aromatic rings. The predicted molar refractivity (Wildman–Crippen MR) is 107 cm³/mol. The Hall–Kier alpha value is -2.69. The molecule has 1 aliphatic rings. The average Bonchev–Trinajstić information content (AvgIpc) is 3.21. The Kier molecular flexibility index (Phi) is 4.93. The summed E-state index contributed by atoms with van der Waals surface area (Å²) in [5.41, 5.74) is 1.72. The summed E-state index contributed by atoms with van der Waals surface area (Å²) in [4.78, 5) is 30.4. The molecule has 0 radical (unpaired) electrons. The Bertz CT molecular complexity index is 1200. The molecule has 1 aromatic heterocycles. The minimum absolute atomic E-state index is 0.130. The second-order valence-electron chi connectivity index (χ2n) is 6.55. The largest absolute Gasteiger partial charge is 0.431 e. The fourth-order valence-electron chi connectivity index (χ4n) is 2.99. The highest BCUT2D eigenvalue weighted by Gasteiger charge is 2.34. The second kappa shape index (κ2) is 7.29. The van der Waals surface area contributed by atoms with Gasteiger partial charge in [-0.05, 0) is 30.3 Å². The molecule has 0 aliphatic carbocycles. The molecule has 4 rings (SSSR count). The third-order valence-corrected chi connectivity index (χ3v) is 7.16. The first-order valence-corrected chi connectivity index (χ1v) is 11.1. The molecule has 2 amide bonds. The normalized spacial score (nSPS) is 14.2. The van der Waals surface area contributed by atoms with Gasteiger partial charge in [-0.25, -0.2) is 17.7 Å². The monoisotopic (exact) mass is 431 g/mol. The van der Waals surface area contributed by atoms with Gasteiger partial charge in [0, 0.05) is 26.4 Å². The summed E-state index contributed by atoms with van der Waals surface area (Å²) in [6.07, 6.45) is 0. The van der Waals surface area contributed by atoms with Gasteiger partial charge in [0.25, 0.3) is 17.0 Å². The Morgan fingerprint density at radius 2 is 1.72 bits per heavy atom. The molecule has 0 bridgehead atoms. The van der Waals surface area contributed by atoms with E-state index >= 15 is 0 Å². The van der Waals surface area contributed by atoms with Gasteiger partial charge in [0.15, 0.2) is 5.58 Å². The number of imide groups is 1. The molecular weight excluding hydrogens is 414 g/mol. The number of thioether (sulfide) groups is 1. The second-order valence-corrected chi connectivity index (χ2v) is 9.75. The smallest absolute Gasteiger partial charge is 0.261 e. The summed E-state index contributed by atoms with van der Waals surface area (Å²) in [5, 5.41) is 0.344. The Labute approximate surface area is 171 Å². The van der Waals surface area contributed by atoms with Crippen LogP contribution in [0.2, 0.25) is 0 Å². The van der Waals surface area contributed by atoms with Crippen molar-refractivity contribution in [1.29, 1.82) is 0 Å². The highest BCUT2D eigenvalue weighted by molar-refractivity contribution is 7.99. The standard InChI is InChI=1S/C19H17N3O5S2/c1-21(2)29(25,26)12-7-8-16-15(11-12)20-19(27-16)28-10-9-22-17(23)13-5-3-4-6-14(13)18(22)24/h3-8,11H,9-10H2,1-2H3. The molecule has 0 unspecified atom stereocenters. The molecule has 150 valence electrons. The summed E-state index contributed by atoms with van der Waals surface area (Å²) in [6.45, 7) is 0.218. The van der Waals surface area contributed by atoms with Gasteiger partial charge in [0.05, 0.1) is 16.0 Å². The van der Waals surface area contributed by atoms with Crippen molar-refractivity contribution in [3.05, 3.63) is 53.6 Å². The maximum Gasteiger partial charge on any atom is 0.261 e. The Morgan fingerprint density at radius 3 is 2.34 bits per heavy atom. The van der Waals surface area contributed by atoms with E-state index in [-0.39, 0.29) is 23.3 Å². The molecule has 8 nitrogen and oxygen atoms in total. The van der Waals surface area contributed by atoms with Crippen LogP contribution in [0.5, 0.6) is 0 Å². The molecule has 10 heteroatoms. The number of hydrogen-bond acceptors (Lipinski definition) is 7. The minimum atomic E-state index is -3.56. The summed E-state index contributed by atoms with van der Waals surface area (Å²) < 4.78 is 31.3. The molecule has 1 aliphatic heterocycles. The van der Waals surface area contributed by atoms with E-state index in [0.717, 1.165) is 4.31 Å². The highest BCUT2D eigenvalue weighted by Crippen LogP contribution is 2.27. The molecular formula is C19H17N3O5S2. The first-order valence-electron chi connectivity index (χ1n) is 8.70. The molecule has 2 aromatic carbocycles. The van der Waals surface area contributed by atoms with Crippen molar-refractivity contribution in [3.8, 4) is 0 Å². The van der Waals surface area contributed by atoms with Crippen LogP contribution in [-0.4, -0.2) is 60.8 Å². The first kappa shape index (κ1) is 19.6. The molecule has 0 N–H and O–H groups in total. The van der Waals surface area contributed by atoms with Crippen LogP contribution >= 0.6 is 11.8 Å². The van der Waals surface area contributed by atoms with Gasteiger partial charge < -0.3 is 4.42 Å². The molecule has 0 saturated carbocycles. The number of sulfonamides is 1. The highest BCUT2D eigenvalue weighted by atomic mass is 32.2. The van der Waals surface area contributed by atoms with Gasteiger partial charge in [-0.3, -0.25) is 14.5 Å². The SMILES string of the molecule is CN(C)S(=O)(=O)c1ccc2oc(SCCN3C(=O)c4ccccc4C3=O)nc2c1. The van der Waals surface area contributed by atoms with Gasteiger partial charge in [-0.15, -0.1) is 0 Å². The number of nitrogens with zero attached hydrogens (tertiary/aromatic N) is 3. The van der Waals surface area contributed by atoms with E-state index in [1.54, 1.807) is 30.3 Å². The van der Waals surface area contributed by atoms with E-state index in [0.29, 0.717) is 33.2 Å². The molecule has 29 heavy (non-hydrogen) atoms. The van der Waals surface area contributed by atoms with Gasteiger partial charge >= 0.3 is 0 Å². The maximum absolute atomic E-state index is 12.4. The first-order chi connectivity index (χ1) is 13.8. The topological polar surface area (TPSA) is 101 Å². The number of oxazole rings is 1. The van der Waals surface area contributed by atoms with Gasteiger partial charge in [0.2, 0.25) is 10.0 Å². The third-order valence-electron chi connectivity index (χ3n) is 4.54. The van der Waals surface area contributed by atoms with E-state index in [9.17, 15) is 18.0 Å². The molecule has 0 spiro atoms. The lowest BCUT2D eigenvalue weighted by Crippen LogP contribution is -2.31. The van der Waals surface area contributed by atoms with Gasteiger partial charge in [-0.1, -0.05) is 23.9 Å². The van der Waals surface area contributed by atoms with E-state index < -0.39 is 10.0 Å². The fourth-order valence-corrected chi connectivity index (χ4v) is 4.67. The maximum atomic E-state index is 12.4. The van der Waals surface area contributed by atoms with Crippen LogP contribution in [0.15, 0.2) is 57.0 Å². The molecule has 0 saturated heterocycles. The quantitative estimate of drug-likeness (QED) is 0.436. The Balaban J connectivity index is 1.46. The number of benzene rings is 2. The predicted octanol–water partition coefficient (Wildman–Crippen LogP) is 2.47. The fraction of sp³-hybridized carbons (Fsp3) is 0.211. The third kappa shape index (κ3) is 3.43. The van der Waals surface area contributed by atoms with Crippen molar-refractivity contribution < 1.29 is 22.4 Å². The average molecular weight is 431 g/mol. The summed E-state index contributed by atoms with van der Waals surface area (Å²) in [5.74, 6) is -0.203. The lowest BCUT2D eigenvalue weighted by molar-refractivity contribution is 0.0664. The zero-order chi connectivity index (χ0) is 20.8. The minimum Gasteiger partial charge on any atom is -0.431 e. The van der Waals surface area contributed by atoms with Crippen LogP contribution < -0.4 is 0 Å². The number of hydrogen-bond donors (Lipinski definition) is 0. The van der Waals surface area contributed by atoms with Crippen molar-refractivity contribution in [2.45, 2.75) is 10.1 Å². The van der Waals surface area contributed by atoms with Crippen LogP contribution in [0.4, 0.5) is 0 Å². The lowest BCUT2D eigenvalue weighted by atomic mass is 10.1. The van der Waals surface area contributed by atoms with Gasteiger partial charge in [-0.2, -0.15) is 0 Å². The van der Waals surface area contributed by atoms with Crippen molar-refractivity contribution in [1.82, 2.24) is 14.2 Å². The molecule has 0 atom stereocenters. The van der Waals surface area contributed by atoms with Crippen LogP contribution in [-0.2, 0) is 10.0 Å². The van der Waals surface area contributed by atoms with Crippen molar-refractivity contribution >= 4 is 44.7 Å². The van der Waals surface area contributed by atoms with Crippen LogP contribution in [0.1, 0.15) is 20.7 Å². The number of amides is 2. The van der Waals surface area contributed by atoms with E-state index in [2.05, 4.69) is 4.98 Å². The Morgan fingerprint density at radius 1 is 1.07 bits per heavy atom. The van der Waals surface area contributed by atoms with Crippen LogP contribution in [0, 0.1) is 0 Å². The summed E-state index contributed by atoms with van der Waals surface area (Å²) in [6, 6.07) is 11.2. The summed E-state index contributed by atoms with van der Waals surface area (Å²) >= 11 is 1.25. The van der Waals surface area contributed by atoms with Crippen molar-refractivity contribution in [2.24, 2.45) is 0 Å². The van der Waals surface area contributed by atoms with Crippen LogP contribution in [0.25, 0.3) is 11.1 Å². The molecule has 0 fully saturated rings. The van der Waals surface area contributed by atoms with Crippen molar-refractivity contribution in [3.63, 3.8) is 0 Å². The molecule has 2 heterocycles. The van der Waals surface area contributed by atoms with E-state index in [1.807, 2.05) is 0 Å². The summed E-state index contributed by atoms with van der Waals surface area (Å²) in [7, 11) is -0.640. The number of rotatable bonds is 6. The van der Waals surface area contributed by atoms with E-state index in [4.69, 9.17) is 4.42 Å². The zero-order valence-corrected chi connectivity index (χ0v) is 17.3. The van der Waals surface area contributed by atoms with Gasteiger partial charge in [0.1, 0.15) is 5.52 Å². The number of carbonyl (C=O) groups is 2. The number of carbonyl (C=O) groups excluding carboxylic acids is 2. The zero-order valence-electron chi connectivity index (χ0n) is 15.7. The van der Waals surface area contributed by atoms with Crippen LogP contribution in [0.3, 0.4) is 0 Å².